The van der Waals surface area contributed by atoms with Crippen molar-refractivity contribution in [1.82, 2.24) is 4.90 Å². The largest absolute Gasteiger partial charge is 0.496 e. The topological polar surface area (TPSA) is 55.6 Å². The Balaban J connectivity index is 2.08. The van der Waals surface area contributed by atoms with Crippen LogP contribution >= 0.6 is 0 Å². The fraction of sp³-hybridized carbons (Fsp3) is 0.562. The van der Waals surface area contributed by atoms with Crippen LogP contribution in [0.2, 0.25) is 0 Å². The molecule has 0 spiro atoms. The average Bonchev–Trinajstić information content (AvgIpc) is 2.42. The number of ether oxygens (including phenoxy) is 1. The molecule has 2 N–H and O–H groups in total. The summed E-state index contributed by atoms with van der Waals surface area (Å²) in [5.41, 5.74) is 7.73. The van der Waals surface area contributed by atoms with Crippen LogP contribution in [0, 0.1) is 6.92 Å². The first-order valence-corrected chi connectivity index (χ1v) is 7.26. The Morgan fingerprint density at radius 1 is 1.45 bits per heavy atom. The highest BCUT2D eigenvalue weighted by Crippen LogP contribution is 2.24. The zero-order chi connectivity index (χ0) is 14.5. The highest BCUT2D eigenvalue weighted by atomic mass is 16.5. The second kappa shape index (κ2) is 6.75. The molecule has 0 aliphatic carbocycles. The normalized spacial score (nSPS) is 19.8. The molecule has 0 radical (unpaired) electrons. The van der Waals surface area contributed by atoms with E-state index in [1.807, 2.05) is 6.92 Å². The molecule has 1 fully saturated rings. The van der Waals surface area contributed by atoms with E-state index in [9.17, 15) is 4.79 Å². The standard InChI is InChI=1S/C16H24N2O2/c1-12-6-7-13(9-15(12)20-2)11-18-8-4-3-5-14(18)10-16(17)19/h6-7,9,14H,3-5,8,10-11H2,1-2H3,(H2,17,19)/t14-/m0/s1. The van der Waals surface area contributed by atoms with Crippen LogP contribution in [0.4, 0.5) is 0 Å². The summed E-state index contributed by atoms with van der Waals surface area (Å²) in [5, 5.41) is 0. The number of likely N-dealkylation sites (tertiary alicyclic amines) is 1. The number of primary amides is 1. The van der Waals surface area contributed by atoms with Crippen molar-refractivity contribution in [3.63, 3.8) is 0 Å². The van der Waals surface area contributed by atoms with Crippen LogP contribution in [0.5, 0.6) is 5.75 Å². The van der Waals surface area contributed by atoms with Gasteiger partial charge in [-0.1, -0.05) is 18.6 Å². The molecule has 0 bridgehead atoms. The van der Waals surface area contributed by atoms with Gasteiger partial charge in [0.2, 0.25) is 5.91 Å². The number of nitrogens with zero attached hydrogens (tertiary/aromatic N) is 1. The smallest absolute Gasteiger partial charge is 0.218 e. The van der Waals surface area contributed by atoms with Gasteiger partial charge in [0, 0.05) is 19.0 Å². The molecular weight excluding hydrogens is 252 g/mol. The lowest BCUT2D eigenvalue weighted by Gasteiger charge is -2.35. The molecule has 0 aromatic heterocycles. The van der Waals surface area contributed by atoms with E-state index in [-0.39, 0.29) is 11.9 Å². The zero-order valence-corrected chi connectivity index (χ0v) is 12.4. The third kappa shape index (κ3) is 3.73. The van der Waals surface area contributed by atoms with Crippen LogP contribution in [0.1, 0.15) is 36.8 Å². The molecule has 1 saturated heterocycles. The molecule has 2 rings (SSSR count). The van der Waals surface area contributed by atoms with Gasteiger partial charge in [0.15, 0.2) is 0 Å². The Hall–Kier alpha value is -1.55. The Morgan fingerprint density at radius 2 is 2.25 bits per heavy atom. The van der Waals surface area contributed by atoms with Crippen molar-refractivity contribution in [2.45, 2.75) is 45.2 Å². The number of amides is 1. The molecule has 0 unspecified atom stereocenters. The summed E-state index contributed by atoms with van der Waals surface area (Å²) in [5.74, 6) is 0.717. The van der Waals surface area contributed by atoms with E-state index in [1.165, 1.54) is 18.4 Å². The quantitative estimate of drug-likeness (QED) is 0.897. The van der Waals surface area contributed by atoms with Gasteiger partial charge in [0.05, 0.1) is 7.11 Å². The predicted molar refractivity (Wildman–Crippen MR) is 79.6 cm³/mol. The van der Waals surface area contributed by atoms with Crippen molar-refractivity contribution in [3.05, 3.63) is 29.3 Å². The van der Waals surface area contributed by atoms with E-state index in [2.05, 4.69) is 23.1 Å². The van der Waals surface area contributed by atoms with Gasteiger partial charge >= 0.3 is 0 Å². The van der Waals surface area contributed by atoms with E-state index in [4.69, 9.17) is 10.5 Å². The minimum atomic E-state index is -0.205. The van der Waals surface area contributed by atoms with E-state index >= 15 is 0 Å². The Morgan fingerprint density at radius 3 is 2.95 bits per heavy atom. The molecular formula is C16H24N2O2. The summed E-state index contributed by atoms with van der Waals surface area (Å²) in [6.45, 7) is 3.93. The SMILES string of the molecule is COc1cc(CN2CCCC[C@H]2CC(N)=O)ccc1C. The summed E-state index contributed by atoms with van der Waals surface area (Å²) < 4.78 is 5.37. The summed E-state index contributed by atoms with van der Waals surface area (Å²) in [7, 11) is 1.70. The minimum absolute atomic E-state index is 0.205. The van der Waals surface area contributed by atoms with Gasteiger partial charge in [0.25, 0.3) is 0 Å². The lowest BCUT2D eigenvalue weighted by atomic mass is 9.98. The van der Waals surface area contributed by atoms with Crippen LogP contribution in [0.3, 0.4) is 0 Å². The molecule has 1 aliphatic heterocycles. The fourth-order valence-corrected chi connectivity index (χ4v) is 2.93. The number of rotatable bonds is 5. The van der Waals surface area contributed by atoms with Crippen LogP contribution in [-0.2, 0) is 11.3 Å². The van der Waals surface area contributed by atoms with Crippen molar-refractivity contribution in [2.75, 3.05) is 13.7 Å². The van der Waals surface area contributed by atoms with Gasteiger partial charge in [-0.2, -0.15) is 0 Å². The fourth-order valence-electron chi connectivity index (χ4n) is 2.93. The number of hydrogen-bond acceptors (Lipinski definition) is 3. The van der Waals surface area contributed by atoms with Crippen molar-refractivity contribution in [1.29, 1.82) is 0 Å². The number of hydrogen-bond donors (Lipinski definition) is 1. The zero-order valence-electron chi connectivity index (χ0n) is 12.4. The van der Waals surface area contributed by atoms with Crippen LogP contribution in [0.25, 0.3) is 0 Å². The predicted octanol–water partition coefficient (Wildman–Crippen LogP) is 2.23. The number of aryl methyl sites for hydroxylation is 1. The Labute approximate surface area is 120 Å². The molecule has 1 aromatic rings. The molecule has 4 nitrogen and oxygen atoms in total. The first-order chi connectivity index (χ1) is 9.60. The molecule has 20 heavy (non-hydrogen) atoms. The van der Waals surface area contributed by atoms with E-state index < -0.39 is 0 Å². The number of nitrogens with two attached hydrogens (primary N) is 1. The molecule has 4 heteroatoms. The number of methoxy groups -OCH3 is 1. The third-order valence-electron chi connectivity index (χ3n) is 4.04. The maximum atomic E-state index is 11.2. The summed E-state index contributed by atoms with van der Waals surface area (Å²) in [6.07, 6.45) is 3.90. The third-order valence-corrected chi connectivity index (χ3v) is 4.04. The second-order valence-electron chi connectivity index (χ2n) is 5.59. The van der Waals surface area contributed by atoms with E-state index in [1.54, 1.807) is 7.11 Å². The first kappa shape index (κ1) is 14.9. The monoisotopic (exact) mass is 276 g/mol. The number of carbonyl (C=O) groups is 1. The lowest BCUT2D eigenvalue weighted by Crippen LogP contribution is -2.41. The van der Waals surface area contributed by atoms with E-state index in [0.717, 1.165) is 30.8 Å². The molecule has 1 heterocycles. The molecule has 1 atom stereocenters. The van der Waals surface area contributed by atoms with Gasteiger partial charge in [-0.05, 0) is 43.5 Å². The van der Waals surface area contributed by atoms with Gasteiger partial charge in [-0.3, -0.25) is 9.69 Å². The van der Waals surface area contributed by atoms with Gasteiger partial charge in [-0.15, -0.1) is 0 Å². The minimum Gasteiger partial charge on any atom is -0.496 e. The van der Waals surface area contributed by atoms with Crippen molar-refractivity contribution in [2.24, 2.45) is 5.73 Å². The van der Waals surface area contributed by atoms with Crippen molar-refractivity contribution >= 4 is 5.91 Å². The van der Waals surface area contributed by atoms with Crippen molar-refractivity contribution in [3.8, 4) is 5.75 Å². The first-order valence-electron chi connectivity index (χ1n) is 7.26. The maximum Gasteiger partial charge on any atom is 0.218 e. The number of benzene rings is 1. The Kier molecular flexibility index (Phi) is 5.01. The maximum absolute atomic E-state index is 11.2. The molecule has 1 amide bonds. The molecule has 110 valence electrons. The van der Waals surface area contributed by atoms with Gasteiger partial charge < -0.3 is 10.5 Å². The molecule has 1 aromatic carbocycles. The summed E-state index contributed by atoms with van der Waals surface area (Å²) in [6, 6.07) is 6.59. The second-order valence-corrected chi connectivity index (χ2v) is 5.59. The highest BCUT2D eigenvalue weighted by Gasteiger charge is 2.24. The van der Waals surface area contributed by atoms with Gasteiger partial charge in [-0.25, -0.2) is 0 Å². The van der Waals surface area contributed by atoms with Crippen LogP contribution < -0.4 is 10.5 Å². The number of piperidine rings is 1. The van der Waals surface area contributed by atoms with E-state index in [0.29, 0.717) is 6.42 Å². The summed E-state index contributed by atoms with van der Waals surface area (Å²) in [4.78, 5) is 13.6. The average molecular weight is 276 g/mol. The van der Waals surface area contributed by atoms with Crippen LogP contribution in [0.15, 0.2) is 18.2 Å². The van der Waals surface area contributed by atoms with Crippen LogP contribution in [-0.4, -0.2) is 30.5 Å². The lowest BCUT2D eigenvalue weighted by molar-refractivity contribution is -0.119. The molecule has 1 aliphatic rings. The van der Waals surface area contributed by atoms with Gasteiger partial charge in [0.1, 0.15) is 5.75 Å². The Bertz CT molecular complexity index is 474. The molecule has 0 saturated carbocycles. The highest BCUT2D eigenvalue weighted by molar-refractivity contribution is 5.74. The van der Waals surface area contributed by atoms with Crippen molar-refractivity contribution < 1.29 is 9.53 Å². The number of carbonyl (C=O) groups excluding carboxylic acids is 1. The summed E-state index contributed by atoms with van der Waals surface area (Å²) >= 11 is 0.